The molecule has 7 heteroatoms. The van der Waals surface area contributed by atoms with Crippen LogP contribution in [0.1, 0.15) is 30.2 Å². The maximum Gasteiger partial charge on any atom is 0.337 e. The van der Waals surface area contributed by atoms with Crippen molar-refractivity contribution < 1.29 is 9.90 Å². The first-order valence-corrected chi connectivity index (χ1v) is 6.06. The molecule has 0 radical (unpaired) electrons. The van der Waals surface area contributed by atoms with Gasteiger partial charge in [0.2, 0.25) is 0 Å². The van der Waals surface area contributed by atoms with E-state index >= 15 is 0 Å². The highest BCUT2D eigenvalue weighted by Crippen LogP contribution is 2.23. The summed E-state index contributed by atoms with van der Waals surface area (Å²) in [6, 6.07) is 3.40. The van der Waals surface area contributed by atoms with Gasteiger partial charge in [-0.25, -0.2) is 9.78 Å². The highest BCUT2D eigenvalue weighted by molar-refractivity contribution is 6.33. The molecule has 0 saturated carbocycles. The van der Waals surface area contributed by atoms with Crippen molar-refractivity contribution in [1.29, 1.82) is 0 Å². The van der Waals surface area contributed by atoms with Crippen molar-refractivity contribution in [2.45, 2.75) is 19.9 Å². The van der Waals surface area contributed by atoms with Crippen molar-refractivity contribution in [3.05, 3.63) is 35.1 Å². The van der Waals surface area contributed by atoms with Gasteiger partial charge in [0.1, 0.15) is 5.82 Å². The molecule has 2 aromatic heterocycles. The van der Waals surface area contributed by atoms with Crippen molar-refractivity contribution in [3.8, 4) is 0 Å². The summed E-state index contributed by atoms with van der Waals surface area (Å²) in [7, 11) is 0. The summed E-state index contributed by atoms with van der Waals surface area (Å²) >= 11 is 5.97. The van der Waals surface area contributed by atoms with Crippen LogP contribution >= 0.6 is 11.6 Å². The number of carbonyl (C=O) groups is 1. The van der Waals surface area contributed by atoms with E-state index in [9.17, 15) is 4.79 Å². The molecule has 0 spiro atoms. The first kappa shape index (κ1) is 13.4. The molecule has 2 aromatic rings. The van der Waals surface area contributed by atoms with Crippen molar-refractivity contribution in [1.82, 2.24) is 14.8 Å². The van der Waals surface area contributed by atoms with Crippen LogP contribution in [0.15, 0.2) is 24.5 Å². The fourth-order valence-electron chi connectivity index (χ4n) is 1.46. The molecule has 2 rings (SSSR count). The van der Waals surface area contributed by atoms with Gasteiger partial charge >= 0.3 is 5.97 Å². The number of carboxylic acids is 1. The van der Waals surface area contributed by atoms with Gasteiger partial charge in [0, 0.05) is 24.5 Å². The van der Waals surface area contributed by atoms with E-state index in [-0.39, 0.29) is 16.6 Å². The van der Waals surface area contributed by atoms with E-state index in [2.05, 4.69) is 15.4 Å². The molecule has 2 N–H and O–H groups in total. The number of halogens is 1. The summed E-state index contributed by atoms with van der Waals surface area (Å²) in [5.41, 5.74) is 0.0447. The molecule has 0 unspecified atom stereocenters. The number of nitrogens with one attached hydrogen (secondary N) is 1. The zero-order chi connectivity index (χ0) is 14.0. The normalized spacial score (nSPS) is 10.7. The first-order chi connectivity index (χ1) is 8.97. The number of hydrogen-bond donors (Lipinski definition) is 2. The number of pyridine rings is 1. The Bertz CT molecular complexity index is 610. The van der Waals surface area contributed by atoms with Crippen LogP contribution in [0.4, 0.5) is 11.6 Å². The second-order valence-electron chi connectivity index (χ2n) is 4.26. The fraction of sp³-hybridized carbons (Fsp3) is 0.250. The third kappa shape index (κ3) is 3.03. The molecule has 0 bridgehead atoms. The number of aromatic nitrogens is 3. The van der Waals surface area contributed by atoms with Crippen molar-refractivity contribution in [3.63, 3.8) is 0 Å². The third-order valence-electron chi connectivity index (χ3n) is 2.47. The Morgan fingerprint density at radius 3 is 2.79 bits per heavy atom. The molecule has 0 fully saturated rings. The number of anilines is 2. The van der Waals surface area contributed by atoms with Gasteiger partial charge in [-0.1, -0.05) is 11.6 Å². The summed E-state index contributed by atoms with van der Waals surface area (Å²) in [6.45, 7) is 4.04. The molecule has 100 valence electrons. The molecule has 0 aliphatic carbocycles. The van der Waals surface area contributed by atoms with Gasteiger partial charge in [-0.15, -0.1) is 0 Å². The van der Waals surface area contributed by atoms with Gasteiger partial charge < -0.3 is 10.4 Å². The number of hydrogen-bond acceptors (Lipinski definition) is 4. The zero-order valence-electron chi connectivity index (χ0n) is 10.5. The Balaban J connectivity index is 2.20. The van der Waals surface area contributed by atoms with E-state index in [1.165, 1.54) is 12.3 Å². The van der Waals surface area contributed by atoms with Crippen LogP contribution in [0.5, 0.6) is 0 Å². The molecule has 0 aliphatic heterocycles. The van der Waals surface area contributed by atoms with Crippen LogP contribution in [0.2, 0.25) is 5.02 Å². The maximum atomic E-state index is 10.8. The third-order valence-corrected chi connectivity index (χ3v) is 2.76. The molecule has 2 heterocycles. The lowest BCUT2D eigenvalue weighted by molar-refractivity contribution is 0.0696. The lowest BCUT2D eigenvalue weighted by Gasteiger charge is -2.06. The molecule has 0 aliphatic rings. The minimum Gasteiger partial charge on any atom is -0.478 e. The van der Waals surface area contributed by atoms with Gasteiger partial charge in [-0.3, -0.25) is 4.68 Å². The summed E-state index contributed by atoms with van der Waals surface area (Å²) in [6.07, 6.45) is 3.09. The van der Waals surface area contributed by atoms with Crippen molar-refractivity contribution in [2.75, 3.05) is 5.32 Å². The van der Waals surface area contributed by atoms with E-state index in [0.29, 0.717) is 11.6 Å². The van der Waals surface area contributed by atoms with Gasteiger partial charge in [0.05, 0.1) is 10.6 Å². The topological polar surface area (TPSA) is 80.0 Å². The minimum atomic E-state index is -1.06. The fourth-order valence-corrected chi connectivity index (χ4v) is 1.67. The standard InChI is InChI=1S/C12H13ClN4O2/c1-7(2)17-4-3-10(16-17)15-11-9(13)5-8(6-14-11)12(18)19/h3-7H,1-2H3,(H,18,19)(H,14,15,16). The Kier molecular flexibility index (Phi) is 3.71. The van der Waals surface area contributed by atoms with Crippen LogP contribution in [-0.4, -0.2) is 25.8 Å². The molecule has 0 aromatic carbocycles. The summed E-state index contributed by atoms with van der Waals surface area (Å²) in [5.74, 6) is -0.0862. The van der Waals surface area contributed by atoms with Gasteiger partial charge in [0.25, 0.3) is 0 Å². The van der Waals surface area contributed by atoms with Crippen LogP contribution < -0.4 is 5.32 Å². The predicted octanol–water partition coefficient (Wildman–Crippen LogP) is 2.95. The van der Waals surface area contributed by atoms with E-state index in [4.69, 9.17) is 16.7 Å². The molecule has 6 nitrogen and oxygen atoms in total. The molecule has 0 saturated heterocycles. The number of rotatable bonds is 4. The lowest BCUT2D eigenvalue weighted by atomic mass is 10.3. The molecule has 19 heavy (non-hydrogen) atoms. The number of aromatic carboxylic acids is 1. The second kappa shape index (κ2) is 5.27. The predicted molar refractivity (Wildman–Crippen MR) is 72.1 cm³/mol. The maximum absolute atomic E-state index is 10.8. The van der Waals surface area contributed by atoms with Crippen molar-refractivity contribution in [2.24, 2.45) is 0 Å². The molecular weight excluding hydrogens is 268 g/mol. The zero-order valence-corrected chi connectivity index (χ0v) is 11.2. The summed E-state index contributed by atoms with van der Waals surface area (Å²) in [5, 5.41) is 16.3. The number of carboxylic acid groups (broad SMARTS) is 1. The molecular formula is C12H13ClN4O2. The molecule has 0 amide bonds. The Morgan fingerprint density at radius 1 is 1.53 bits per heavy atom. The Hall–Kier alpha value is -2.08. The quantitative estimate of drug-likeness (QED) is 0.900. The second-order valence-corrected chi connectivity index (χ2v) is 4.67. The average molecular weight is 281 g/mol. The lowest BCUT2D eigenvalue weighted by Crippen LogP contribution is -2.03. The number of nitrogens with zero attached hydrogens (tertiary/aromatic N) is 3. The summed E-state index contributed by atoms with van der Waals surface area (Å²) in [4.78, 5) is 14.7. The highest BCUT2D eigenvalue weighted by Gasteiger charge is 2.10. The van der Waals surface area contributed by atoms with E-state index in [0.717, 1.165) is 0 Å². The van der Waals surface area contributed by atoms with E-state index in [1.54, 1.807) is 10.7 Å². The first-order valence-electron chi connectivity index (χ1n) is 5.68. The molecule has 0 atom stereocenters. The smallest absolute Gasteiger partial charge is 0.337 e. The minimum absolute atomic E-state index is 0.0447. The van der Waals surface area contributed by atoms with E-state index in [1.807, 2.05) is 20.0 Å². The Labute approximate surface area is 115 Å². The highest BCUT2D eigenvalue weighted by atomic mass is 35.5. The van der Waals surface area contributed by atoms with Crippen LogP contribution in [-0.2, 0) is 0 Å². The Morgan fingerprint density at radius 2 is 2.26 bits per heavy atom. The largest absolute Gasteiger partial charge is 0.478 e. The van der Waals surface area contributed by atoms with Crippen LogP contribution in [0, 0.1) is 0 Å². The monoisotopic (exact) mass is 280 g/mol. The van der Waals surface area contributed by atoms with Gasteiger partial charge in [0.15, 0.2) is 5.82 Å². The average Bonchev–Trinajstić information content (AvgIpc) is 2.80. The van der Waals surface area contributed by atoms with Crippen LogP contribution in [0.25, 0.3) is 0 Å². The van der Waals surface area contributed by atoms with Gasteiger partial charge in [-0.05, 0) is 19.9 Å². The van der Waals surface area contributed by atoms with Crippen LogP contribution in [0.3, 0.4) is 0 Å². The SMILES string of the molecule is CC(C)n1ccc(Nc2ncc(C(=O)O)cc2Cl)n1. The van der Waals surface area contributed by atoms with Gasteiger partial charge in [-0.2, -0.15) is 5.10 Å². The van der Waals surface area contributed by atoms with E-state index < -0.39 is 5.97 Å². The van der Waals surface area contributed by atoms with Crippen molar-refractivity contribution >= 4 is 29.2 Å². The summed E-state index contributed by atoms with van der Waals surface area (Å²) < 4.78 is 1.79.